The fourth-order valence-corrected chi connectivity index (χ4v) is 7.16. The lowest BCUT2D eigenvalue weighted by atomic mass is 9.79. The molecule has 0 radical (unpaired) electrons. The molecule has 5 fully saturated rings. The van der Waals surface area contributed by atoms with Crippen molar-refractivity contribution in [2.75, 3.05) is 33.2 Å². The van der Waals surface area contributed by atoms with Gasteiger partial charge in [0.25, 0.3) is 5.92 Å². The van der Waals surface area contributed by atoms with Crippen molar-refractivity contribution >= 4 is 6.03 Å². The molecule has 0 spiro atoms. The molecule has 6 rings (SSSR count). The van der Waals surface area contributed by atoms with Crippen molar-refractivity contribution in [3.8, 4) is 0 Å². The first-order chi connectivity index (χ1) is 18.6. The molecule has 11 heteroatoms. The van der Waals surface area contributed by atoms with E-state index in [4.69, 9.17) is 4.52 Å². The second-order valence-electron chi connectivity index (χ2n) is 13.0. The van der Waals surface area contributed by atoms with Gasteiger partial charge in [-0.25, -0.2) is 18.0 Å². The molecule has 2 aliphatic heterocycles. The van der Waals surface area contributed by atoms with Gasteiger partial charge in [0.15, 0.2) is 5.82 Å². The predicted molar refractivity (Wildman–Crippen MR) is 140 cm³/mol. The molecule has 2 saturated heterocycles. The van der Waals surface area contributed by atoms with Crippen molar-refractivity contribution in [3.63, 3.8) is 0 Å². The summed E-state index contributed by atoms with van der Waals surface area (Å²) in [6.45, 7) is 4.46. The Morgan fingerprint density at radius 3 is 2.31 bits per heavy atom. The van der Waals surface area contributed by atoms with Gasteiger partial charge in [0.05, 0.1) is 5.92 Å². The van der Waals surface area contributed by atoms with Crippen molar-refractivity contribution in [1.82, 2.24) is 30.2 Å². The number of piperidine rings is 2. The quantitative estimate of drug-likeness (QED) is 0.562. The van der Waals surface area contributed by atoms with Gasteiger partial charge in [-0.15, -0.1) is 0 Å². The van der Waals surface area contributed by atoms with Crippen LogP contribution in [-0.4, -0.2) is 100 Å². The standard InChI is InChI=1S/C28H43F3N6O2/c1-27(25-33-24(39-34-25)20-17-21(20)29)11-15-37(16-12-27)26(38)32-23-22(7-4-10-28(23,30)31)36-13-8-19(9-14-36)35(2)18-5-3-6-18/h18-23H,3-17H2,1-2H3,(H,32,38)/t20-,21+,22+,23-/m1/s1. The van der Waals surface area contributed by atoms with Gasteiger partial charge >= 0.3 is 6.03 Å². The summed E-state index contributed by atoms with van der Waals surface area (Å²) in [5, 5.41) is 6.90. The molecule has 3 aliphatic carbocycles. The van der Waals surface area contributed by atoms with E-state index in [2.05, 4.69) is 32.3 Å². The number of nitrogens with one attached hydrogen (secondary N) is 1. The number of halogens is 3. The third-order valence-electron chi connectivity index (χ3n) is 10.5. The van der Waals surface area contributed by atoms with Gasteiger partial charge in [-0.2, -0.15) is 4.98 Å². The van der Waals surface area contributed by atoms with Crippen LogP contribution in [0.3, 0.4) is 0 Å². The maximum Gasteiger partial charge on any atom is 0.317 e. The molecule has 4 atom stereocenters. The smallest absolute Gasteiger partial charge is 0.317 e. The normalized spacial score (nSPS) is 33.6. The number of likely N-dealkylation sites (tertiary alicyclic amines) is 2. The number of aromatic nitrogens is 2. The summed E-state index contributed by atoms with van der Waals surface area (Å²) < 4.78 is 49.3. The molecule has 1 N–H and O–H groups in total. The van der Waals surface area contributed by atoms with Crippen LogP contribution in [0.15, 0.2) is 4.52 Å². The Kier molecular flexibility index (Phi) is 7.35. The van der Waals surface area contributed by atoms with E-state index in [1.165, 1.54) is 19.3 Å². The van der Waals surface area contributed by atoms with E-state index in [1.54, 1.807) is 4.90 Å². The molecule has 0 bridgehead atoms. The summed E-state index contributed by atoms with van der Waals surface area (Å²) >= 11 is 0. The summed E-state index contributed by atoms with van der Waals surface area (Å²) in [6.07, 6.45) is 7.51. The van der Waals surface area contributed by atoms with Crippen LogP contribution in [-0.2, 0) is 5.41 Å². The maximum atomic E-state index is 15.3. The van der Waals surface area contributed by atoms with Crippen LogP contribution in [0.1, 0.15) is 95.2 Å². The first kappa shape index (κ1) is 27.3. The zero-order valence-corrected chi connectivity index (χ0v) is 23.3. The highest BCUT2D eigenvalue weighted by Crippen LogP contribution is 2.44. The number of nitrogens with zero attached hydrogens (tertiary/aromatic N) is 5. The fourth-order valence-electron chi connectivity index (χ4n) is 7.16. The third kappa shape index (κ3) is 5.42. The van der Waals surface area contributed by atoms with Gasteiger partial charge in [-0.1, -0.05) is 18.5 Å². The second kappa shape index (κ2) is 10.5. The molecule has 5 aliphatic rings. The minimum atomic E-state index is -2.93. The molecule has 39 heavy (non-hydrogen) atoms. The molecule has 8 nitrogen and oxygen atoms in total. The van der Waals surface area contributed by atoms with E-state index in [1.807, 2.05) is 6.92 Å². The zero-order valence-electron chi connectivity index (χ0n) is 23.3. The molecule has 3 heterocycles. The molecular weight excluding hydrogens is 509 g/mol. The third-order valence-corrected chi connectivity index (χ3v) is 10.5. The van der Waals surface area contributed by atoms with Crippen LogP contribution in [0.25, 0.3) is 0 Å². The Balaban J connectivity index is 1.05. The van der Waals surface area contributed by atoms with Gasteiger partial charge in [0.1, 0.15) is 12.2 Å². The first-order valence-electron chi connectivity index (χ1n) is 15.0. The van der Waals surface area contributed by atoms with Gasteiger partial charge in [-0.3, -0.25) is 4.90 Å². The average molecular weight is 553 g/mol. The summed E-state index contributed by atoms with van der Waals surface area (Å²) in [6, 6.07) is -0.742. The highest BCUT2D eigenvalue weighted by Gasteiger charge is 2.51. The maximum absolute atomic E-state index is 15.3. The fraction of sp³-hybridized carbons (Fsp3) is 0.893. The number of carbonyl (C=O) groups excluding carboxylic acids is 1. The van der Waals surface area contributed by atoms with Gasteiger partial charge in [0.2, 0.25) is 5.89 Å². The zero-order chi connectivity index (χ0) is 27.4. The van der Waals surface area contributed by atoms with Crippen molar-refractivity contribution in [1.29, 1.82) is 0 Å². The highest BCUT2D eigenvalue weighted by atomic mass is 19.3. The number of amides is 2. The van der Waals surface area contributed by atoms with E-state index in [0.717, 1.165) is 25.9 Å². The molecule has 3 saturated carbocycles. The van der Waals surface area contributed by atoms with E-state index in [9.17, 15) is 9.18 Å². The highest BCUT2D eigenvalue weighted by molar-refractivity contribution is 5.75. The lowest BCUT2D eigenvalue weighted by Crippen LogP contribution is -2.65. The summed E-state index contributed by atoms with van der Waals surface area (Å²) in [5.41, 5.74) is -0.395. The minimum absolute atomic E-state index is 0.186. The second-order valence-corrected chi connectivity index (χ2v) is 13.0. The number of hydrogen-bond acceptors (Lipinski definition) is 6. The number of rotatable bonds is 6. The molecule has 2 amide bonds. The predicted octanol–water partition coefficient (Wildman–Crippen LogP) is 4.46. The van der Waals surface area contributed by atoms with Crippen molar-refractivity contribution < 1.29 is 22.5 Å². The molecular formula is C28H43F3N6O2. The topological polar surface area (TPSA) is 77.7 Å². The Hall–Kier alpha value is -1.88. The van der Waals surface area contributed by atoms with Crippen LogP contribution in [0.5, 0.6) is 0 Å². The molecule has 0 unspecified atom stereocenters. The van der Waals surface area contributed by atoms with Crippen LogP contribution in [0, 0.1) is 0 Å². The summed E-state index contributed by atoms with van der Waals surface area (Å²) in [4.78, 5) is 24.1. The monoisotopic (exact) mass is 552 g/mol. The van der Waals surface area contributed by atoms with Crippen LogP contribution >= 0.6 is 0 Å². The number of alkyl halides is 3. The lowest BCUT2D eigenvalue weighted by molar-refractivity contribution is -0.0968. The van der Waals surface area contributed by atoms with Gasteiger partial charge in [0, 0.05) is 56.1 Å². The first-order valence-corrected chi connectivity index (χ1v) is 15.0. The van der Waals surface area contributed by atoms with Crippen LogP contribution in [0.2, 0.25) is 0 Å². The molecule has 218 valence electrons. The Labute approximate surface area is 229 Å². The largest absolute Gasteiger partial charge is 0.339 e. The number of hydrogen-bond donors (Lipinski definition) is 1. The van der Waals surface area contributed by atoms with Gasteiger partial charge < -0.3 is 19.6 Å². The molecule has 1 aromatic rings. The van der Waals surface area contributed by atoms with Crippen LogP contribution in [0.4, 0.5) is 18.0 Å². The Morgan fingerprint density at radius 2 is 1.69 bits per heavy atom. The van der Waals surface area contributed by atoms with E-state index in [0.29, 0.717) is 69.0 Å². The Bertz CT molecular complexity index is 1020. The lowest BCUT2D eigenvalue weighted by Gasteiger charge is -2.49. The van der Waals surface area contributed by atoms with Gasteiger partial charge in [-0.05, 0) is 64.8 Å². The summed E-state index contributed by atoms with van der Waals surface area (Å²) in [7, 11) is 2.22. The van der Waals surface area contributed by atoms with Crippen LogP contribution < -0.4 is 5.32 Å². The number of urea groups is 1. The van der Waals surface area contributed by atoms with Crippen molar-refractivity contribution in [3.05, 3.63) is 11.7 Å². The Morgan fingerprint density at radius 1 is 1.03 bits per heavy atom. The summed E-state index contributed by atoms with van der Waals surface area (Å²) in [5.74, 6) is -2.33. The van der Waals surface area contributed by atoms with Crippen molar-refractivity contribution in [2.24, 2.45) is 0 Å². The SMILES string of the molecule is CN(C1CCC1)C1CCN([C@H]2CCCC(F)(F)[C@@H]2NC(=O)N2CCC(C)(c3noc([C@@H]4C[C@@H]4F)n3)CC2)CC1. The average Bonchev–Trinajstić information content (AvgIpc) is 3.40. The van der Waals surface area contributed by atoms with E-state index in [-0.39, 0.29) is 18.4 Å². The number of carbonyl (C=O) groups is 1. The molecule has 0 aromatic carbocycles. The van der Waals surface area contributed by atoms with Crippen molar-refractivity contribution in [2.45, 2.75) is 125 Å². The minimum Gasteiger partial charge on any atom is -0.339 e. The molecule has 1 aromatic heterocycles. The van der Waals surface area contributed by atoms with E-state index >= 15 is 8.78 Å². The van der Waals surface area contributed by atoms with E-state index < -0.39 is 29.6 Å².